The quantitative estimate of drug-likeness (QED) is 0.860. The lowest BCUT2D eigenvalue weighted by atomic mass is 9.83. The van der Waals surface area contributed by atoms with E-state index in [0.717, 1.165) is 5.56 Å². The minimum absolute atomic E-state index is 0.281. The smallest absolute Gasteiger partial charge is 0.307 e. The standard InChI is InChI=1S/C14H14N4O3/c1-8-6-15-11(16-7-8)12-17-13(21-18-12)9-4-2-3-5-10(9)14(19)20/h2-3,6-7,9-10H,4-5H2,1H3,(H,19,20). The van der Waals surface area contributed by atoms with E-state index in [2.05, 4.69) is 20.1 Å². The van der Waals surface area contributed by atoms with E-state index in [1.807, 2.05) is 19.1 Å². The second kappa shape index (κ2) is 5.43. The van der Waals surface area contributed by atoms with E-state index in [0.29, 0.717) is 24.6 Å². The molecule has 108 valence electrons. The van der Waals surface area contributed by atoms with Gasteiger partial charge in [-0.25, -0.2) is 9.97 Å². The molecule has 7 nitrogen and oxygen atoms in total. The van der Waals surface area contributed by atoms with Crippen LogP contribution in [0.5, 0.6) is 0 Å². The summed E-state index contributed by atoms with van der Waals surface area (Å²) in [5.41, 5.74) is 0.936. The molecule has 1 aliphatic carbocycles. The molecule has 0 saturated heterocycles. The fraction of sp³-hybridized carbons (Fsp3) is 0.357. The maximum absolute atomic E-state index is 11.3. The molecule has 7 heteroatoms. The third-order valence-corrected chi connectivity index (χ3v) is 3.49. The fourth-order valence-corrected chi connectivity index (χ4v) is 2.34. The molecule has 0 amide bonds. The van der Waals surface area contributed by atoms with Crippen molar-refractivity contribution in [2.75, 3.05) is 0 Å². The lowest BCUT2D eigenvalue weighted by Crippen LogP contribution is -2.23. The Labute approximate surface area is 120 Å². The molecule has 21 heavy (non-hydrogen) atoms. The molecule has 2 atom stereocenters. The third kappa shape index (κ3) is 2.67. The van der Waals surface area contributed by atoms with Crippen molar-refractivity contribution in [1.29, 1.82) is 0 Å². The second-order valence-corrected chi connectivity index (χ2v) is 5.03. The van der Waals surface area contributed by atoms with Gasteiger partial charge in [-0.1, -0.05) is 17.3 Å². The van der Waals surface area contributed by atoms with Crippen LogP contribution in [0.15, 0.2) is 29.1 Å². The van der Waals surface area contributed by atoms with Crippen LogP contribution in [-0.4, -0.2) is 31.2 Å². The molecule has 0 saturated carbocycles. The van der Waals surface area contributed by atoms with Crippen LogP contribution in [0.4, 0.5) is 0 Å². The van der Waals surface area contributed by atoms with Crippen LogP contribution in [-0.2, 0) is 4.79 Å². The lowest BCUT2D eigenvalue weighted by Gasteiger charge is -2.21. The van der Waals surface area contributed by atoms with E-state index in [-0.39, 0.29) is 11.7 Å². The molecule has 1 aliphatic rings. The molecule has 3 rings (SSSR count). The minimum atomic E-state index is -0.851. The van der Waals surface area contributed by atoms with Gasteiger partial charge >= 0.3 is 5.97 Å². The van der Waals surface area contributed by atoms with E-state index < -0.39 is 11.9 Å². The maximum atomic E-state index is 11.3. The van der Waals surface area contributed by atoms with Crippen molar-refractivity contribution in [2.24, 2.45) is 5.92 Å². The molecule has 1 N–H and O–H groups in total. The van der Waals surface area contributed by atoms with Crippen molar-refractivity contribution >= 4 is 5.97 Å². The number of nitrogens with zero attached hydrogens (tertiary/aromatic N) is 4. The van der Waals surface area contributed by atoms with Gasteiger partial charge < -0.3 is 9.63 Å². The Morgan fingerprint density at radius 3 is 2.67 bits per heavy atom. The summed E-state index contributed by atoms with van der Waals surface area (Å²) in [6.07, 6.45) is 8.20. The average Bonchev–Trinajstić information content (AvgIpc) is 2.97. The molecular formula is C14H14N4O3. The number of rotatable bonds is 3. The summed E-state index contributed by atoms with van der Waals surface area (Å²) < 4.78 is 5.23. The van der Waals surface area contributed by atoms with Crippen molar-refractivity contribution in [3.05, 3.63) is 36.0 Å². The third-order valence-electron chi connectivity index (χ3n) is 3.49. The number of carbonyl (C=O) groups is 1. The highest BCUT2D eigenvalue weighted by Crippen LogP contribution is 2.34. The first-order chi connectivity index (χ1) is 10.1. The van der Waals surface area contributed by atoms with Crippen LogP contribution >= 0.6 is 0 Å². The maximum Gasteiger partial charge on any atom is 0.307 e. The first-order valence-corrected chi connectivity index (χ1v) is 6.65. The Kier molecular flexibility index (Phi) is 3.47. The van der Waals surface area contributed by atoms with E-state index >= 15 is 0 Å². The normalized spacial score (nSPS) is 21.4. The zero-order valence-electron chi connectivity index (χ0n) is 11.4. The van der Waals surface area contributed by atoms with Gasteiger partial charge in [-0.15, -0.1) is 0 Å². The molecule has 0 aliphatic heterocycles. The average molecular weight is 286 g/mol. The summed E-state index contributed by atoms with van der Waals surface area (Å²) in [5, 5.41) is 13.1. The number of allylic oxidation sites excluding steroid dienone is 2. The van der Waals surface area contributed by atoms with Gasteiger partial charge in [0.2, 0.25) is 17.5 Å². The Morgan fingerprint density at radius 2 is 1.95 bits per heavy atom. The van der Waals surface area contributed by atoms with Crippen molar-refractivity contribution in [2.45, 2.75) is 25.7 Å². The largest absolute Gasteiger partial charge is 0.481 e. The van der Waals surface area contributed by atoms with E-state index in [9.17, 15) is 9.90 Å². The van der Waals surface area contributed by atoms with Crippen LogP contribution in [0.3, 0.4) is 0 Å². The fourth-order valence-electron chi connectivity index (χ4n) is 2.34. The topological polar surface area (TPSA) is 102 Å². The van der Waals surface area contributed by atoms with Gasteiger partial charge in [0, 0.05) is 12.4 Å². The first kappa shape index (κ1) is 13.4. The molecule has 0 fully saturated rings. The SMILES string of the molecule is Cc1cnc(-c2noc(C3CC=CCC3C(=O)O)n2)nc1. The molecule has 2 heterocycles. The Hall–Kier alpha value is -2.57. The number of hydrogen-bond acceptors (Lipinski definition) is 6. The number of hydrogen-bond donors (Lipinski definition) is 1. The van der Waals surface area contributed by atoms with Crippen LogP contribution in [0, 0.1) is 12.8 Å². The highest BCUT2D eigenvalue weighted by molar-refractivity contribution is 5.71. The zero-order valence-corrected chi connectivity index (χ0v) is 11.4. The number of aryl methyl sites for hydroxylation is 1. The second-order valence-electron chi connectivity index (χ2n) is 5.03. The highest BCUT2D eigenvalue weighted by Gasteiger charge is 2.34. The summed E-state index contributed by atoms with van der Waals surface area (Å²) >= 11 is 0. The monoisotopic (exact) mass is 286 g/mol. The van der Waals surface area contributed by atoms with Gasteiger partial charge in [0.25, 0.3) is 0 Å². The van der Waals surface area contributed by atoms with Gasteiger partial charge in [0.05, 0.1) is 11.8 Å². The summed E-state index contributed by atoms with van der Waals surface area (Å²) in [6, 6.07) is 0. The predicted octanol–water partition coefficient (Wildman–Crippen LogP) is 1.97. The predicted molar refractivity (Wildman–Crippen MR) is 72.3 cm³/mol. The highest BCUT2D eigenvalue weighted by atomic mass is 16.5. The zero-order chi connectivity index (χ0) is 14.8. The minimum Gasteiger partial charge on any atom is -0.481 e. The van der Waals surface area contributed by atoms with Crippen LogP contribution < -0.4 is 0 Å². The molecule has 0 bridgehead atoms. The summed E-state index contributed by atoms with van der Waals surface area (Å²) in [4.78, 5) is 23.8. The van der Waals surface area contributed by atoms with Gasteiger partial charge in [-0.05, 0) is 25.3 Å². The summed E-state index contributed by atoms with van der Waals surface area (Å²) in [6.45, 7) is 1.89. The van der Waals surface area contributed by atoms with Crippen LogP contribution in [0.25, 0.3) is 11.6 Å². The molecular weight excluding hydrogens is 272 g/mol. The van der Waals surface area contributed by atoms with Crippen molar-refractivity contribution in [3.8, 4) is 11.6 Å². The van der Waals surface area contributed by atoms with E-state index in [4.69, 9.17) is 4.52 Å². The molecule has 0 aromatic carbocycles. The van der Waals surface area contributed by atoms with Gasteiger partial charge in [-0.3, -0.25) is 4.79 Å². The number of aromatic nitrogens is 4. The molecule has 2 aromatic rings. The number of carboxylic acid groups (broad SMARTS) is 1. The molecule has 0 radical (unpaired) electrons. The summed E-state index contributed by atoms with van der Waals surface area (Å²) in [5.74, 6) is -0.722. The number of carboxylic acids is 1. The Bertz CT molecular complexity index is 678. The number of aliphatic carboxylic acids is 1. The van der Waals surface area contributed by atoms with Crippen LogP contribution in [0.2, 0.25) is 0 Å². The van der Waals surface area contributed by atoms with Gasteiger partial charge in [0.15, 0.2) is 0 Å². The molecule has 2 aromatic heterocycles. The van der Waals surface area contributed by atoms with Crippen LogP contribution in [0.1, 0.15) is 30.2 Å². The van der Waals surface area contributed by atoms with Gasteiger partial charge in [-0.2, -0.15) is 4.98 Å². The van der Waals surface area contributed by atoms with E-state index in [1.165, 1.54) is 0 Å². The lowest BCUT2D eigenvalue weighted by molar-refractivity contribution is -0.142. The van der Waals surface area contributed by atoms with Gasteiger partial charge in [0.1, 0.15) is 0 Å². The van der Waals surface area contributed by atoms with Crippen molar-refractivity contribution in [1.82, 2.24) is 20.1 Å². The Balaban J connectivity index is 1.88. The molecule has 0 spiro atoms. The summed E-state index contributed by atoms with van der Waals surface area (Å²) in [7, 11) is 0. The van der Waals surface area contributed by atoms with Crippen molar-refractivity contribution in [3.63, 3.8) is 0 Å². The first-order valence-electron chi connectivity index (χ1n) is 6.65. The van der Waals surface area contributed by atoms with Crippen molar-refractivity contribution < 1.29 is 14.4 Å². The Morgan fingerprint density at radius 1 is 1.24 bits per heavy atom. The molecule has 2 unspecified atom stereocenters. The van der Waals surface area contributed by atoms with E-state index in [1.54, 1.807) is 12.4 Å².